The van der Waals surface area contributed by atoms with Crippen molar-refractivity contribution in [2.45, 2.75) is 69.1 Å². The van der Waals surface area contributed by atoms with E-state index in [4.69, 9.17) is 60.2 Å². The molecule has 30 heavy (non-hydrogen) atoms. The van der Waals surface area contributed by atoms with Crippen molar-refractivity contribution in [3.8, 4) is 46.0 Å². The normalized spacial score (nSPS) is 40.3. The summed E-state index contributed by atoms with van der Waals surface area (Å²) in [6.45, 7) is 42.5. The Morgan fingerprint density at radius 2 is 1.10 bits per heavy atom. The number of nitrogens with zero attached hydrogens (tertiary/aromatic N) is 7. The maximum absolute atomic E-state index is 6.19. The molecule has 2 rings (SSSR count). The molecule has 10 atom stereocenters. The van der Waals surface area contributed by atoms with Crippen LogP contribution < -0.4 is 0 Å². The van der Waals surface area contributed by atoms with Crippen LogP contribution in [0.4, 0.5) is 0 Å². The molecule has 2 aliphatic heterocycles. The molecule has 150 valence electrons. The molecule has 2 fully saturated rings. The second kappa shape index (κ2) is 9.68. The van der Waals surface area contributed by atoms with Crippen LogP contribution in [0, 0.1) is 57.8 Å². The summed E-state index contributed by atoms with van der Waals surface area (Å²) in [5, 5.41) is 0. The molecule has 0 aromatic rings. The molecule has 2 saturated heterocycles. The topological polar surface area (TPSA) is 58.2 Å². The average Bonchev–Trinajstić information content (AvgIpc) is 2.76. The molecule has 10 nitrogen and oxygen atoms in total. The Morgan fingerprint density at radius 3 is 1.53 bits per heavy atom. The molecular formula is C20H24N7O3+7. The Kier molecular flexibility index (Phi) is 7.29. The first kappa shape index (κ1) is 22.6. The van der Waals surface area contributed by atoms with Crippen molar-refractivity contribution in [2.75, 3.05) is 0 Å². The van der Waals surface area contributed by atoms with Gasteiger partial charge in [-0.2, -0.15) is 0 Å². The number of ether oxygens (including phenoxy) is 3. The minimum absolute atomic E-state index is 0.0154. The van der Waals surface area contributed by atoms with E-state index in [1.54, 1.807) is 0 Å². The summed E-state index contributed by atoms with van der Waals surface area (Å²) in [6, 6.07) is -3.15. The summed E-state index contributed by atoms with van der Waals surface area (Å²) >= 11 is 0. The van der Waals surface area contributed by atoms with Crippen LogP contribution in [0.1, 0.15) is 13.8 Å². The van der Waals surface area contributed by atoms with Gasteiger partial charge in [-0.3, -0.25) is 4.74 Å². The fraction of sp³-hybridized carbons (Fsp3) is 0.650. The molecule has 10 heteroatoms. The average molecular weight is 410 g/mol. The number of hydrogen-bond acceptors (Lipinski definition) is 3. The number of hydrogen-bond donors (Lipinski definition) is 0. The Balaban J connectivity index is 2.45. The van der Waals surface area contributed by atoms with Gasteiger partial charge in [-0.25, -0.2) is 4.74 Å². The fourth-order valence-corrected chi connectivity index (χ4v) is 3.94. The van der Waals surface area contributed by atoms with Crippen LogP contribution in [0.2, 0.25) is 0 Å². The fourth-order valence-electron chi connectivity index (χ4n) is 3.94. The zero-order valence-corrected chi connectivity index (χ0v) is 16.7. The SMILES string of the molecule is C#[N+]C1OC(OC2C([N+]#C)OC([N+]#C)C([N+]#C)C2C(C)C)C([N+]#C)C([N+]#C)C1[N+]#C. The highest BCUT2D eigenvalue weighted by molar-refractivity contribution is 5.19. The van der Waals surface area contributed by atoms with Gasteiger partial charge < -0.3 is 4.74 Å². The van der Waals surface area contributed by atoms with Crippen LogP contribution in [0.15, 0.2) is 0 Å². The zero-order chi connectivity index (χ0) is 22.4. The van der Waals surface area contributed by atoms with Crippen molar-refractivity contribution in [3.05, 3.63) is 33.9 Å². The van der Waals surface area contributed by atoms with E-state index in [1.807, 2.05) is 13.8 Å². The van der Waals surface area contributed by atoms with Gasteiger partial charge in [0.15, 0.2) is 6.10 Å². The highest BCUT2D eigenvalue weighted by Crippen LogP contribution is 2.39. The third kappa shape index (κ3) is 3.88. The van der Waals surface area contributed by atoms with Crippen molar-refractivity contribution in [1.82, 2.24) is 0 Å². The first-order valence-electron chi connectivity index (χ1n) is 9.18. The molecule has 0 amide bonds. The molecule has 10 unspecified atom stereocenters. The largest absolute Gasteiger partial charge is 0.466 e. The van der Waals surface area contributed by atoms with Crippen molar-refractivity contribution < 1.29 is 14.2 Å². The molecule has 2 heterocycles. The van der Waals surface area contributed by atoms with Crippen LogP contribution in [-0.2, 0) is 14.2 Å². The lowest BCUT2D eigenvalue weighted by molar-refractivity contribution is -0.255. The summed E-state index contributed by atoms with van der Waals surface area (Å²) in [6.07, 6.45) is -4.73. The monoisotopic (exact) mass is 410 g/mol. The van der Waals surface area contributed by atoms with E-state index < -0.39 is 55.2 Å². The van der Waals surface area contributed by atoms with E-state index in [0.29, 0.717) is 0 Å². The summed E-state index contributed by atoms with van der Waals surface area (Å²) in [4.78, 5) is 26.2. The van der Waals surface area contributed by atoms with Crippen molar-refractivity contribution in [2.24, 2.45) is 11.8 Å². The van der Waals surface area contributed by atoms with Crippen molar-refractivity contribution in [1.29, 1.82) is 0 Å². The quantitative estimate of drug-likeness (QED) is 0.718. The zero-order valence-electron chi connectivity index (χ0n) is 16.7. The van der Waals surface area contributed by atoms with Crippen molar-refractivity contribution in [3.63, 3.8) is 0 Å². The smallest absolute Gasteiger partial charge is 0.330 e. The minimum Gasteiger partial charge on any atom is -0.330 e. The van der Waals surface area contributed by atoms with Gasteiger partial charge >= 0.3 is 42.9 Å². The van der Waals surface area contributed by atoms with E-state index in [9.17, 15) is 0 Å². The van der Waals surface area contributed by atoms with Gasteiger partial charge in [-0.05, 0) is 20.5 Å². The van der Waals surface area contributed by atoms with Crippen molar-refractivity contribution >= 4 is 0 Å². The lowest BCUT2D eigenvalue weighted by Gasteiger charge is -2.33. The molecule has 0 bridgehead atoms. The van der Waals surface area contributed by atoms with Crippen LogP contribution >= 0.6 is 0 Å². The first-order valence-corrected chi connectivity index (χ1v) is 9.18. The number of rotatable bonds is 3. The molecule has 0 spiro atoms. The molecular weight excluding hydrogens is 386 g/mol. The molecule has 0 radical (unpaired) electrons. The van der Waals surface area contributed by atoms with Crippen LogP contribution in [-0.4, -0.2) is 55.2 Å². The van der Waals surface area contributed by atoms with Crippen LogP contribution in [0.25, 0.3) is 33.9 Å². The third-order valence-electron chi connectivity index (χ3n) is 5.36. The molecule has 0 aromatic carbocycles. The molecule has 0 N–H and O–H groups in total. The summed E-state index contributed by atoms with van der Waals surface area (Å²) < 4.78 is 17.7. The first-order chi connectivity index (χ1) is 14.4. The highest BCUT2D eigenvalue weighted by atomic mass is 16.7. The van der Waals surface area contributed by atoms with E-state index in [0.717, 1.165) is 0 Å². The predicted octanol–water partition coefficient (Wildman–Crippen LogP) is 3.22. The Morgan fingerprint density at radius 1 is 0.600 bits per heavy atom. The molecule has 2 aliphatic rings. The lowest BCUT2D eigenvalue weighted by atomic mass is 9.80. The summed E-state index contributed by atoms with van der Waals surface area (Å²) in [7, 11) is 0. The van der Waals surface area contributed by atoms with Gasteiger partial charge in [0.2, 0.25) is 0 Å². The maximum atomic E-state index is 6.19. The van der Waals surface area contributed by atoms with Crippen LogP contribution in [0.3, 0.4) is 0 Å². The van der Waals surface area contributed by atoms with E-state index in [2.05, 4.69) is 33.9 Å². The summed E-state index contributed by atoms with van der Waals surface area (Å²) in [5.41, 5.74) is 0. The van der Waals surface area contributed by atoms with E-state index in [-0.39, 0.29) is 11.8 Å². The second-order valence-electron chi connectivity index (χ2n) is 7.24. The Labute approximate surface area is 175 Å². The van der Waals surface area contributed by atoms with Gasteiger partial charge in [0, 0.05) is 0 Å². The Bertz CT molecular complexity index is 948. The Hall–Kier alpha value is -3.69. The lowest BCUT2D eigenvalue weighted by Crippen LogP contribution is -2.59. The highest BCUT2D eigenvalue weighted by Gasteiger charge is 2.72. The van der Waals surface area contributed by atoms with E-state index in [1.165, 1.54) is 0 Å². The van der Waals surface area contributed by atoms with Gasteiger partial charge in [-0.15, -0.1) is 0 Å². The van der Waals surface area contributed by atoms with Gasteiger partial charge in [0.25, 0.3) is 52.3 Å². The third-order valence-corrected chi connectivity index (χ3v) is 5.36. The van der Waals surface area contributed by atoms with Gasteiger partial charge in [-0.1, -0.05) is 33.2 Å². The minimum atomic E-state index is -1.11. The molecule has 0 aromatic heterocycles. The maximum Gasteiger partial charge on any atom is 0.466 e. The van der Waals surface area contributed by atoms with Gasteiger partial charge in [0.05, 0.1) is 5.92 Å². The predicted molar refractivity (Wildman–Crippen MR) is 114 cm³/mol. The van der Waals surface area contributed by atoms with E-state index >= 15 is 0 Å². The molecule has 0 saturated carbocycles. The summed E-state index contributed by atoms with van der Waals surface area (Å²) in [5.74, 6) is -0.378. The van der Waals surface area contributed by atoms with Crippen LogP contribution in [0.5, 0.6) is 0 Å². The molecule has 0 aliphatic carbocycles. The standard InChI is InChI=1S/C20H24N7O3/c1-10(2)11-12(21-3)17(25-7)29-19(27-9)16(11)28-20-15(24-6)13(22-4)14(23-5)18(26-8)30-20/h3-20H,1-2H3/q+7. The second-order valence-corrected chi connectivity index (χ2v) is 7.24. The van der Waals surface area contributed by atoms with Gasteiger partial charge in [0.1, 0.15) is 0 Å².